The molecular weight excluding hydrogens is 333 g/mol. The Morgan fingerprint density at radius 2 is 2.00 bits per heavy atom. The van der Waals surface area contributed by atoms with E-state index in [0.717, 1.165) is 33.3 Å². The third kappa shape index (κ3) is 4.05. The molecule has 0 bridgehead atoms. The lowest BCUT2D eigenvalue weighted by molar-refractivity contribution is 0.412. The van der Waals surface area contributed by atoms with Crippen molar-refractivity contribution in [3.05, 3.63) is 63.4 Å². The molecule has 0 amide bonds. The Labute approximate surface area is 133 Å². The minimum Gasteiger partial charge on any atom is -0.496 e. The van der Waals surface area contributed by atoms with Crippen molar-refractivity contribution in [3.63, 3.8) is 0 Å². The van der Waals surface area contributed by atoms with Crippen LogP contribution < -0.4 is 10.1 Å². The molecule has 4 heteroatoms. The molecule has 1 atom stereocenters. The highest BCUT2D eigenvalue weighted by Crippen LogP contribution is 2.28. The molecule has 2 aromatic rings. The summed E-state index contributed by atoms with van der Waals surface area (Å²) >= 11 is 3.49. The number of hydrogen-bond acceptors (Lipinski definition) is 2. The standard InChI is InChI=1S/C17H19BrFNO/c1-11-6-13(10-14(19)7-11)16(20-2)9-12-4-5-17(21-3)15(18)8-12/h4-8,10,16,20H,9H2,1-3H3. The molecule has 0 saturated carbocycles. The van der Waals surface area contributed by atoms with Crippen LogP contribution in [0.1, 0.15) is 22.7 Å². The first-order chi connectivity index (χ1) is 10.0. The molecule has 0 radical (unpaired) electrons. The first-order valence-electron chi connectivity index (χ1n) is 6.80. The van der Waals surface area contributed by atoms with Gasteiger partial charge in [0.05, 0.1) is 11.6 Å². The van der Waals surface area contributed by atoms with Crippen molar-refractivity contribution in [3.8, 4) is 5.75 Å². The Bertz CT molecular complexity index is 610. The van der Waals surface area contributed by atoms with Crippen molar-refractivity contribution >= 4 is 15.9 Å². The van der Waals surface area contributed by atoms with E-state index >= 15 is 0 Å². The van der Waals surface area contributed by atoms with E-state index < -0.39 is 0 Å². The molecule has 0 aliphatic heterocycles. The van der Waals surface area contributed by atoms with E-state index in [2.05, 4.69) is 21.2 Å². The fourth-order valence-corrected chi connectivity index (χ4v) is 3.01. The van der Waals surface area contributed by atoms with Crippen molar-refractivity contribution in [1.29, 1.82) is 0 Å². The van der Waals surface area contributed by atoms with E-state index in [0.29, 0.717) is 0 Å². The average Bonchev–Trinajstić information content (AvgIpc) is 2.43. The topological polar surface area (TPSA) is 21.3 Å². The summed E-state index contributed by atoms with van der Waals surface area (Å²) in [5, 5.41) is 3.26. The van der Waals surface area contributed by atoms with Crippen LogP contribution in [0.4, 0.5) is 4.39 Å². The molecule has 21 heavy (non-hydrogen) atoms. The summed E-state index contributed by atoms with van der Waals surface area (Å²) in [5.41, 5.74) is 3.05. The van der Waals surface area contributed by atoms with Crippen LogP contribution >= 0.6 is 15.9 Å². The van der Waals surface area contributed by atoms with E-state index in [-0.39, 0.29) is 11.9 Å². The third-order valence-corrected chi connectivity index (χ3v) is 4.09. The van der Waals surface area contributed by atoms with Gasteiger partial charge >= 0.3 is 0 Å². The zero-order valence-corrected chi connectivity index (χ0v) is 14.0. The van der Waals surface area contributed by atoms with Crippen LogP contribution in [0, 0.1) is 12.7 Å². The molecule has 0 heterocycles. The van der Waals surface area contributed by atoms with Crippen LogP contribution in [0.5, 0.6) is 5.75 Å². The molecule has 0 fully saturated rings. The summed E-state index contributed by atoms with van der Waals surface area (Å²) in [5.74, 6) is 0.613. The maximum atomic E-state index is 13.6. The number of benzene rings is 2. The minimum atomic E-state index is -0.193. The normalized spacial score (nSPS) is 12.2. The SMILES string of the molecule is CNC(Cc1ccc(OC)c(Br)c1)c1cc(C)cc(F)c1. The maximum Gasteiger partial charge on any atom is 0.133 e. The Balaban J connectivity index is 2.24. The second-order valence-electron chi connectivity index (χ2n) is 5.08. The van der Waals surface area contributed by atoms with Gasteiger partial charge in [-0.05, 0) is 77.3 Å². The van der Waals surface area contributed by atoms with E-state index in [1.54, 1.807) is 19.2 Å². The summed E-state index contributed by atoms with van der Waals surface area (Å²) in [7, 11) is 3.54. The van der Waals surface area contributed by atoms with Crippen molar-refractivity contribution in [2.75, 3.05) is 14.2 Å². The highest BCUT2D eigenvalue weighted by atomic mass is 79.9. The molecule has 0 aliphatic carbocycles. The minimum absolute atomic E-state index is 0.0692. The average molecular weight is 352 g/mol. The highest BCUT2D eigenvalue weighted by Gasteiger charge is 2.13. The number of rotatable bonds is 5. The van der Waals surface area contributed by atoms with Gasteiger partial charge in [-0.2, -0.15) is 0 Å². The Kier molecular flexibility index (Phi) is 5.37. The van der Waals surface area contributed by atoms with Crippen LogP contribution in [0.3, 0.4) is 0 Å². The second-order valence-corrected chi connectivity index (χ2v) is 5.93. The molecule has 2 nitrogen and oxygen atoms in total. The highest BCUT2D eigenvalue weighted by molar-refractivity contribution is 9.10. The fraction of sp³-hybridized carbons (Fsp3) is 0.294. The second kappa shape index (κ2) is 7.05. The predicted molar refractivity (Wildman–Crippen MR) is 87.3 cm³/mol. The van der Waals surface area contributed by atoms with Gasteiger partial charge in [0.2, 0.25) is 0 Å². The molecule has 1 N–H and O–H groups in total. The van der Waals surface area contributed by atoms with E-state index in [9.17, 15) is 4.39 Å². The molecule has 1 unspecified atom stereocenters. The molecule has 0 saturated heterocycles. The van der Waals surface area contributed by atoms with Gasteiger partial charge in [-0.25, -0.2) is 4.39 Å². The molecule has 112 valence electrons. The van der Waals surface area contributed by atoms with Crippen LogP contribution in [0.15, 0.2) is 40.9 Å². The van der Waals surface area contributed by atoms with Gasteiger partial charge in [0, 0.05) is 6.04 Å². The molecule has 0 aromatic heterocycles. The predicted octanol–water partition coefficient (Wildman–Crippen LogP) is 4.41. The van der Waals surface area contributed by atoms with Gasteiger partial charge in [-0.1, -0.05) is 12.1 Å². The number of ether oxygens (including phenoxy) is 1. The van der Waals surface area contributed by atoms with Crippen molar-refractivity contribution in [1.82, 2.24) is 5.32 Å². The van der Waals surface area contributed by atoms with Crippen molar-refractivity contribution in [2.45, 2.75) is 19.4 Å². The molecule has 0 aliphatic rings. The number of methoxy groups -OCH3 is 1. The first kappa shape index (κ1) is 16.0. The van der Waals surface area contributed by atoms with Crippen LogP contribution in [-0.2, 0) is 6.42 Å². The number of likely N-dealkylation sites (N-methyl/N-ethyl adjacent to an activating group) is 1. The zero-order chi connectivity index (χ0) is 15.4. The van der Waals surface area contributed by atoms with Crippen LogP contribution in [0.2, 0.25) is 0 Å². The van der Waals surface area contributed by atoms with Gasteiger partial charge in [0.25, 0.3) is 0 Å². The lowest BCUT2D eigenvalue weighted by atomic mass is 9.97. The fourth-order valence-electron chi connectivity index (χ4n) is 2.42. The van der Waals surface area contributed by atoms with Gasteiger partial charge in [0.15, 0.2) is 0 Å². The summed E-state index contributed by atoms with van der Waals surface area (Å²) in [6, 6.07) is 11.2. The van der Waals surface area contributed by atoms with Gasteiger partial charge < -0.3 is 10.1 Å². The van der Waals surface area contributed by atoms with Gasteiger partial charge in [0.1, 0.15) is 11.6 Å². The number of aryl methyl sites for hydroxylation is 1. The molecule has 2 rings (SSSR count). The lowest BCUT2D eigenvalue weighted by Gasteiger charge is -2.18. The van der Waals surface area contributed by atoms with E-state index in [1.807, 2.05) is 38.2 Å². The van der Waals surface area contributed by atoms with Crippen molar-refractivity contribution < 1.29 is 9.13 Å². The molecular formula is C17H19BrFNO. The zero-order valence-electron chi connectivity index (χ0n) is 12.4. The van der Waals surface area contributed by atoms with E-state index in [1.165, 1.54) is 0 Å². The monoisotopic (exact) mass is 351 g/mol. The van der Waals surface area contributed by atoms with Gasteiger partial charge in [-0.3, -0.25) is 0 Å². The van der Waals surface area contributed by atoms with E-state index in [4.69, 9.17) is 4.74 Å². The Morgan fingerprint density at radius 1 is 1.24 bits per heavy atom. The summed E-state index contributed by atoms with van der Waals surface area (Å²) < 4.78 is 19.7. The summed E-state index contributed by atoms with van der Waals surface area (Å²) in [4.78, 5) is 0. The third-order valence-electron chi connectivity index (χ3n) is 3.47. The summed E-state index contributed by atoms with van der Waals surface area (Å²) in [6.45, 7) is 1.91. The quantitative estimate of drug-likeness (QED) is 0.861. The number of nitrogens with one attached hydrogen (secondary N) is 1. The number of hydrogen-bond donors (Lipinski definition) is 1. The van der Waals surface area contributed by atoms with Gasteiger partial charge in [-0.15, -0.1) is 0 Å². The molecule has 0 spiro atoms. The number of halogens is 2. The largest absolute Gasteiger partial charge is 0.496 e. The smallest absolute Gasteiger partial charge is 0.133 e. The van der Waals surface area contributed by atoms with Crippen LogP contribution in [0.25, 0.3) is 0 Å². The Hall–Kier alpha value is -1.39. The molecule has 2 aromatic carbocycles. The van der Waals surface area contributed by atoms with Crippen molar-refractivity contribution in [2.24, 2.45) is 0 Å². The first-order valence-corrected chi connectivity index (χ1v) is 7.59. The summed E-state index contributed by atoms with van der Waals surface area (Å²) in [6.07, 6.45) is 0.780. The maximum absolute atomic E-state index is 13.6. The van der Waals surface area contributed by atoms with Crippen LogP contribution in [-0.4, -0.2) is 14.2 Å². The Morgan fingerprint density at radius 3 is 2.57 bits per heavy atom. The lowest BCUT2D eigenvalue weighted by Crippen LogP contribution is -2.19.